The van der Waals surface area contributed by atoms with Crippen molar-refractivity contribution in [1.29, 1.82) is 0 Å². The molecule has 44 valence electrons. The van der Waals surface area contributed by atoms with Gasteiger partial charge in [-0.2, -0.15) is 0 Å². The van der Waals surface area contributed by atoms with Crippen LogP contribution in [0, 0.1) is 0 Å². The first kappa shape index (κ1) is 5.15. The average molecular weight is 112 g/mol. The molecule has 0 amide bonds. The minimum atomic E-state index is 0.660. The summed E-state index contributed by atoms with van der Waals surface area (Å²) in [6.45, 7) is 0. The topological polar surface area (TPSA) is 27.1 Å². The molecule has 0 saturated carbocycles. The molecule has 0 aromatic carbocycles. The minimum Gasteiger partial charge on any atom is -0.480 e. The molecule has 0 fully saturated rings. The second kappa shape index (κ2) is 1.86. The summed E-state index contributed by atoms with van der Waals surface area (Å²) in [5, 5.41) is 0. The first-order valence-electron chi connectivity index (χ1n) is 2.35. The van der Waals surface area contributed by atoms with Gasteiger partial charge in [-0.3, -0.25) is 0 Å². The zero-order chi connectivity index (χ0) is 5.98. The van der Waals surface area contributed by atoms with E-state index in [1.165, 1.54) is 0 Å². The molecular formula is C5H8N2O. The lowest BCUT2D eigenvalue weighted by atomic mass is 10.8. The van der Waals surface area contributed by atoms with E-state index in [0.717, 1.165) is 0 Å². The summed E-state index contributed by atoms with van der Waals surface area (Å²) in [6, 6.07) is 0. The van der Waals surface area contributed by atoms with E-state index in [9.17, 15) is 0 Å². The maximum Gasteiger partial charge on any atom is 0.231 e. The SMILES string of the molecule is COc1cn(C)cn1. The van der Waals surface area contributed by atoms with Gasteiger partial charge in [0.15, 0.2) is 0 Å². The van der Waals surface area contributed by atoms with E-state index in [1.54, 1.807) is 19.6 Å². The van der Waals surface area contributed by atoms with Gasteiger partial charge in [0.2, 0.25) is 5.88 Å². The Balaban J connectivity index is 2.84. The quantitative estimate of drug-likeness (QED) is 0.526. The highest BCUT2D eigenvalue weighted by Gasteiger charge is 1.89. The number of ether oxygens (including phenoxy) is 1. The van der Waals surface area contributed by atoms with Gasteiger partial charge in [-0.15, -0.1) is 0 Å². The number of imidazole rings is 1. The zero-order valence-electron chi connectivity index (χ0n) is 4.96. The Morgan fingerprint density at radius 1 is 1.75 bits per heavy atom. The molecule has 3 nitrogen and oxygen atoms in total. The molecule has 0 spiro atoms. The Labute approximate surface area is 47.9 Å². The predicted octanol–water partition coefficient (Wildman–Crippen LogP) is 0.429. The average Bonchev–Trinajstić information content (AvgIpc) is 2.14. The van der Waals surface area contributed by atoms with Gasteiger partial charge in [-0.25, -0.2) is 4.98 Å². The smallest absolute Gasteiger partial charge is 0.231 e. The van der Waals surface area contributed by atoms with Gasteiger partial charge in [0, 0.05) is 7.05 Å². The van der Waals surface area contributed by atoms with Gasteiger partial charge >= 0.3 is 0 Å². The van der Waals surface area contributed by atoms with Crippen molar-refractivity contribution in [2.24, 2.45) is 7.05 Å². The van der Waals surface area contributed by atoms with Crippen molar-refractivity contribution >= 4 is 0 Å². The molecule has 0 N–H and O–H groups in total. The summed E-state index contributed by atoms with van der Waals surface area (Å²) in [6.07, 6.45) is 3.50. The van der Waals surface area contributed by atoms with Crippen LogP contribution in [0.15, 0.2) is 12.5 Å². The highest BCUT2D eigenvalue weighted by atomic mass is 16.5. The van der Waals surface area contributed by atoms with Gasteiger partial charge in [0.1, 0.15) is 0 Å². The summed E-state index contributed by atoms with van der Waals surface area (Å²) in [4.78, 5) is 3.88. The fourth-order valence-corrected chi connectivity index (χ4v) is 0.494. The van der Waals surface area contributed by atoms with E-state index in [2.05, 4.69) is 4.98 Å². The summed E-state index contributed by atoms with van der Waals surface area (Å²) < 4.78 is 6.64. The molecule has 0 aliphatic heterocycles. The van der Waals surface area contributed by atoms with Crippen molar-refractivity contribution in [3.05, 3.63) is 12.5 Å². The third-order valence-electron chi connectivity index (χ3n) is 0.890. The fourth-order valence-electron chi connectivity index (χ4n) is 0.494. The molecule has 0 radical (unpaired) electrons. The zero-order valence-corrected chi connectivity index (χ0v) is 4.96. The van der Waals surface area contributed by atoms with Gasteiger partial charge in [-0.1, -0.05) is 0 Å². The maximum absolute atomic E-state index is 4.80. The van der Waals surface area contributed by atoms with Crippen LogP contribution in [0.25, 0.3) is 0 Å². The Morgan fingerprint density at radius 2 is 2.50 bits per heavy atom. The van der Waals surface area contributed by atoms with Crippen LogP contribution >= 0.6 is 0 Å². The van der Waals surface area contributed by atoms with Crippen LogP contribution in [0.5, 0.6) is 5.88 Å². The molecule has 1 heterocycles. The van der Waals surface area contributed by atoms with Crippen molar-refractivity contribution in [1.82, 2.24) is 9.55 Å². The summed E-state index contributed by atoms with van der Waals surface area (Å²) in [7, 11) is 3.50. The van der Waals surface area contributed by atoms with Crippen LogP contribution < -0.4 is 4.74 Å². The standard InChI is InChI=1S/C5H8N2O/c1-7-3-5(8-2)6-4-7/h3-4H,1-2H3. The highest BCUT2D eigenvalue weighted by Crippen LogP contribution is 2.00. The molecule has 1 aromatic rings. The third kappa shape index (κ3) is 0.804. The molecule has 0 bridgehead atoms. The largest absolute Gasteiger partial charge is 0.480 e. The monoisotopic (exact) mass is 112 g/mol. The van der Waals surface area contributed by atoms with Gasteiger partial charge in [-0.05, 0) is 0 Å². The molecule has 0 aliphatic carbocycles. The Morgan fingerprint density at radius 3 is 2.75 bits per heavy atom. The van der Waals surface area contributed by atoms with Crippen LogP contribution in [0.3, 0.4) is 0 Å². The molecule has 0 aliphatic rings. The highest BCUT2D eigenvalue weighted by molar-refractivity contribution is 5.01. The van der Waals surface area contributed by atoms with E-state index in [0.29, 0.717) is 5.88 Å². The van der Waals surface area contributed by atoms with Crippen molar-refractivity contribution in [3.8, 4) is 5.88 Å². The molecular weight excluding hydrogens is 104 g/mol. The first-order chi connectivity index (χ1) is 3.83. The van der Waals surface area contributed by atoms with Gasteiger partial charge < -0.3 is 9.30 Å². The number of methoxy groups -OCH3 is 1. The van der Waals surface area contributed by atoms with Crippen LogP contribution in [0.2, 0.25) is 0 Å². The molecule has 8 heavy (non-hydrogen) atoms. The van der Waals surface area contributed by atoms with E-state index in [1.807, 2.05) is 11.6 Å². The Hall–Kier alpha value is -0.990. The number of hydrogen-bond donors (Lipinski definition) is 0. The van der Waals surface area contributed by atoms with E-state index < -0.39 is 0 Å². The number of nitrogens with zero attached hydrogens (tertiary/aromatic N) is 2. The minimum absolute atomic E-state index is 0.660. The number of rotatable bonds is 1. The number of hydrogen-bond acceptors (Lipinski definition) is 2. The third-order valence-corrected chi connectivity index (χ3v) is 0.890. The van der Waals surface area contributed by atoms with Crippen molar-refractivity contribution in [2.75, 3.05) is 7.11 Å². The molecule has 0 atom stereocenters. The fraction of sp³-hybridized carbons (Fsp3) is 0.400. The van der Waals surface area contributed by atoms with E-state index in [4.69, 9.17) is 4.74 Å². The van der Waals surface area contributed by atoms with E-state index in [-0.39, 0.29) is 0 Å². The lowest BCUT2D eigenvalue weighted by Crippen LogP contribution is -1.80. The van der Waals surface area contributed by atoms with Gasteiger partial charge in [0.05, 0.1) is 19.6 Å². The van der Waals surface area contributed by atoms with Crippen LogP contribution in [-0.4, -0.2) is 16.7 Å². The Bertz CT molecular complexity index is 171. The molecule has 0 saturated heterocycles. The van der Waals surface area contributed by atoms with Crippen LogP contribution in [0.1, 0.15) is 0 Å². The second-order valence-corrected chi connectivity index (χ2v) is 1.58. The van der Waals surface area contributed by atoms with Crippen molar-refractivity contribution in [2.45, 2.75) is 0 Å². The normalized spacial score (nSPS) is 9.25. The maximum atomic E-state index is 4.80. The lowest BCUT2D eigenvalue weighted by Gasteiger charge is -1.86. The van der Waals surface area contributed by atoms with E-state index >= 15 is 0 Å². The number of aryl methyl sites for hydroxylation is 1. The van der Waals surface area contributed by atoms with Crippen molar-refractivity contribution in [3.63, 3.8) is 0 Å². The summed E-state index contributed by atoms with van der Waals surface area (Å²) in [5.74, 6) is 0.660. The lowest BCUT2D eigenvalue weighted by molar-refractivity contribution is 0.399. The molecule has 1 aromatic heterocycles. The van der Waals surface area contributed by atoms with Crippen LogP contribution in [0.4, 0.5) is 0 Å². The second-order valence-electron chi connectivity index (χ2n) is 1.58. The number of aromatic nitrogens is 2. The van der Waals surface area contributed by atoms with Gasteiger partial charge in [0.25, 0.3) is 0 Å². The van der Waals surface area contributed by atoms with Crippen molar-refractivity contribution < 1.29 is 4.74 Å². The first-order valence-corrected chi connectivity index (χ1v) is 2.35. The van der Waals surface area contributed by atoms with Crippen LogP contribution in [-0.2, 0) is 7.05 Å². The predicted molar refractivity (Wildman–Crippen MR) is 29.8 cm³/mol. The summed E-state index contributed by atoms with van der Waals surface area (Å²) >= 11 is 0. The molecule has 1 rings (SSSR count). The molecule has 3 heteroatoms. The Kier molecular flexibility index (Phi) is 1.20. The summed E-state index contributed by atoms with van der Waals surface area (Å²) in [5.41, 5.74) is 0. The molecule has 0 unspecified atom stereocenters.